The molecular weight excluding hydrogens is 1390 g/mol. The molecule has 0 heteroatoms. The van der Waals surface area contributed by atoms with Gasteiger partial charge in [-0.1, -0.05) is 364 Å². The zero-order valence-corrected chi connectivity index (χ0v) is 63.8. The third-order valence-corrected chi connectivity index (χ3v) is 25.1. The molecule has 22 aromatic rings. The predicted molar refractivity (Wildman–Crippen MR) is 498 cm³/mol. The molecule has 0 aliphatic heterocycles. The van der Waals surface area contributed by atoms with Crippen LogP contribution in [-0.4, -0.2) is 0 Å². The minimum absolute atomic E-state index is 0.284. The van der Waals surface area contributed by atoms with Gasteiger partial charge < -0.3 is 0 Å². The van der Waals surface area contributed by atoms with Gasteiger partial charge in [0.2, 0.25) is 0 Å². The Morgan fingerprint density at radius 3 is 1.19 bits per heavy atom. The van der Waals surface area contributed by atoms with E-state index in [2.05, 4.69) is 431 Å². The largest absolute Gasteiger partial charge is 0.0759 e. The number of benzene rings is 22. The van der Waals surface area contributed by atoms with Gasteiger partial charge in [-0.25, -0.2) is 0 Å². The highest BCUT2D eigenvalue weighted by Crippen LogP contribution is 2.52. The van der Waals surface area contributed by atoms with Crippen LogP contribution in [0.15, 0.2) is 436 Å². The van der Waals surface area contributed by atoms with E-state index in [9.17, 15) is 0 Å². The van der Waals surface area contributed by atoms with Gasteiger partial charge in [-0.3, -0.25) is 0 Å². The first kappa shape index (κ1) is 66.9. The molecule has 0 nitrogen and oxygen atoms in total. The summed E-state index contributed by atoms with van der Waals surface area (Å²) < 4.78 is 0. The average molecular weight is 1470 g/mol. The molecule has 0 fully saturated rings. The van der Waals surface area contributed by atoms with Crippen molar-refractivity contribution < 1.29 is 0 Å². The van der Waals surface area contributed by atoms with E-state index in [1.165, 1.54) is 235 Å². The molecule has 3 aliphatic rings. The average Bonchev–Trinajstić information content (AvgIpc) is 0.734. The summed E-state index contributed by atoms with van der Waals surface area (Å²) in [4.78, 5) is 0. The lowest BCUT2D eigenvalue weighted by molar-refractivity contribution is 0.897. The minimum Gasteiger partial charge on any atom is -0.0759 e. The van der Waals surface area contributed by atoms with Gasteiger partial charge in [0, 0.05) is 5.92 Å². The summed E-state index contributed by atoms with van der Waals surface area (Å²) >= 11 is 0. The van der Waals surface area contributed by atoms with E-state index >= 15 is 0 Å². The van der Waals surface area contributed by atoms with E-state index < -0.39 is 0 Å². The van der Waals surface area contributed by atoms with Crippen molar-refractivity contribution in [1.29, 1.82) is 0 Å². The van der Waals surface area contributed by atoms with E-state index in [0.29, 0.717) is 0 Å². The van der Waals surface area contributed by atoms with Gasteiger partial charge >= 0.3 is 0 Å². The van der Waals surface area contributed by atoms with Crippen molar-refractivity contribution in [2.24, 2.45) is 0 Å². The Bertz CT molecular complexity index is 7680. The summed E-state index contributed by atoms with van der Waals surface area (Å²) in [6, 6.07) is 147. The molecule has 25 rings (SSSR count). The standard InChI is InChI=1S/C44H28.C42H28.C30H18/c1-3-10-29(11-4-1)36-26-37(30-12-5-2-6-13-30)28-39(27-36)38-22-32-18-20-34-24-40(25-35-21-19-33(23-38)43(32)44(34)35)42-17-9-15-31-14-7-8-16-41(31)42;1-2-8-33-26-34(17-12-27(33)6-1)38-23-19-32-20-24-39-37(22-18-31-21-25-40(38)42(32)41(31)39)30-15-13-29(14-16-30)36-11-5-9-28-7-3-4-10-35(28)36;1-2-9-25-21(6-1)18-28(27-11-4-3-10-26(25)27)24-16-22-14-12-19-7-5-8-20-13-15-23(17-24)30(22)29(19)20/h1-28H;1-24,26,41H,25H2;1-18H. The molecule has 0 saturated heterocycles. The van der Waals surface area contributed by atoms with Crippen LogP contribution in [0.1, 0.15) is 28.2 Å². The highest BCUT2D eigenvalue weighted by atomic mass is 14.4. The van der Waals surface area contributed by atoms with Gasteiger partial charge in [0.05, 0.1) is 0 Å². The van der Waals surface area contributed by atoms with Crippen molar-refractivity contribution in [3.8, 4) is 77.9 Å². The summed E-state index contributed by atoms with van der Waals surface area (Å²) in [7, 11) is 0. The summed E-state index contributed by atoms with van der Waals surface area (Å²) in [6.07, 6.45) is 12.8. The summed E-state index contributed by atoms with van der Waals surface area (Å²) in [5, 5.41) is 28.8. The number of hydrogen-bond donors (Lipinski definition) is 0. The van der Waals surface area contributed by atoms with Gasteiger partial charge in [0.15, 0.2) is 0 Å². The molecule has 0 N–H and O–H groups in total. The summed E-state index contributed by atoms with van der Waals surface area (Å²) in [6.45, 7) is 0. The second kappa shape index (κ2) is 27.5. The topological polar surface area (TPSA) is 0 Å². The molecule has 0 radical (unpaired) electrons. The van der Waals surface area contributed by atoms with Crippen LogP contribution in [0.5, 0.6) is 0 Å². The molecule has 0 bridgehead atoms. The Labute approximate surface area is 673 Å². The Hall–Kier alpha value is -14.8. The van der Waals surface area contributed by atoms with E-state index in [-0.39, 0.29) is 5.92 Å². The highest BCUT2D eigenvalue weighted by molar-refractivity contribution is 6.26. The number of allylic oxidation sites excluding steroid dienone is 7. The van der Waals surface area contributed by atoms with Crippen molar-refractivity contribution in [1.82, 2.24) is 0 Å². The second-order valence-corrected chi connectivity index (χ2v) is 31.6. The van der Waals surface area contributed by atoms with Gasteiger partial charge in [0.1, 0.15) is 0 Å². The molecule has 22 aromatic carbocycles. The van der Waals surface area contributed by atoms with Crippen LogP contribution in [0, 0.1) is 0 Å². The molecule has 0 saturated carbocycles. The fourth-order valence-electron chi connectivity index (χ4n) is 19.6. The molecule has 116 heavy (non-hydrogen) atoms. The quantitative estimate of drug-likeness (QED) is 0.133. The minimum atomic E-state index is 0.284. The molecular formula is C116H74. The maximum Gasteiger partial charge on any atom is 0.0352 e. The zero-order chi connectivity index (χ0) is 76.3. The molecule has 0 aromatic heterocycles. The maximum absolute atomic E-state index is 2.46. The molecule has 3 aliphatic carbocycles. The Kier molecular flexibility index (Phi) is 15.9. The van der Waals surface area contributed by atoms with Crippen LogP contribution >= 0.6 is 0 Å². The van der Waals surface area contributed by atoms with Crippen LogP contribution in [0.2, 0.25) is 0 Å². The lowest BCUT2D eigenvalue weighted by atomic mass is 9.67. The van der Waals surface area contributed by atoms with Crippen molar-refractivity contribution in [3.63, 3.8) is 0 Å². The first-order valence-electron chi connectivity index (χ1n) is 40.6. The van der Waals surface area contributed by atoms with E-state index in [1.54, 1.807) is 0 Å². The van der Waals surface area contributed by atoms with Crippen LogP contribution in [0.25, 0.3) is 208 Å². The third kappa shape index (κ3) is 11.4. The van der Waals surface area contributed by atoms with E-state index in [0.717, 1.165) is 6.42 Å². The van der Waals surface area contributed by atoms with Crippen LogP contribution in [0.4, 0.5) is 0 Å². The van der Waals surface area contributed by atoms with Gasteiger partial charge in [-0.2, -0.15) is 0 Å². The molecule has 0 spiro atoms. The Morgan fingerprint density at radius 1 is 0.190 bits per heavy atom. The fraction of sp³-hybridized carbons (Fsp3) is 0.0172. The van der Waals surface area contributed by atoms with Crippen LogP contribution in [0.3, 0.4) is 0 Å². The fourth-order valence-corrected chi connectivity index (χ4v) is 19.6. The van der Waals surface area contributed by atoms with Gasteiger partial charge in [0.25, 0.3) is 0 Å². The first-order chi connectivity index (χ1) is 57.5. The van der Waals surface area contributed by atoms with Crippen molar-refractivity contribution in [2.45, 2.75) is 12.3 Å². The third-order valence-electron chi connectivity index (χ3n) is 25.1. The van der Waals surface area contributed by atoms with Crippen molar-refractivity contribution >= 4 is 130 Å². The second-order valence-electron chi connectivity index (χ2n) is 31.6. The van der Waals surface area contributed by atoms with Crippen molar-refractivity contribution in [3.05, 3.63) is 458 Å². The van der Waals surface area contributed by atoms with Crippen LogP contribution in [-0.2, 0) is 6.42 Å². The molecule has 538 valence electrons. The zero-order valence-electron chi connectivity index (χ0n) is 63.8. The monoisotopic (exact) mass is 1470 g/mol. The molecule has 1 atom stereocenters. The SMILES string of the molecule is C1=CC(c2ccc(-c3cccc4ccccc34)cc2)=C2C=Cc3ccc(-c4ccc5ccccc5c4)c4c3C2C1=CC4.c1ccc(-c2cc(-c3ccccc3)cc(-c3cc4ccc5cc(-c6cccc7ccccc67)cc6ccc(c3)c4c56)c2)cc1.c1ccc2c(c1)cc(-c1cc3ccc4cccc5ccc(c1)c3c45)c1ccccc12. The van der Waals surface area contributed by atoms with Gasteiger partial charge in [-0.05, 0) is 309 Å². The van der Waals surface area contributed by atoms with E-state index in [1.807, 2.05) is 0 Å². The number of hydrogen-bond acceptors (Lipinski definition) is 0. The summed E-state index contributed by atoms with van der Waals surface area (Å²) in [5.41, 5.74) is 27.5. The maximum atomic E-state index is 2.46. The molecule has 1 unspecified atom stereocenters. The van der Waals surface area contributed by atoms with Crippen LogP contribution < -0.4 is 0 Å². The normalized spacial score (nSPS) is 13.5. The Morgan fingerprint density at radius 2 is 0.595 bits per heavy atom. The van der Waals surface area contributed by atoms with Gasteiger partial charge in [-0.15, -0.1) is 0 Å². The lowest BCUT2D eigenvalue weighted by Gasteiger charge is -2.36. The first-order valence-corrected chi connectivity index (χ1v) is 40.6. The summed E-state index contributed by atoms with van der Waals surface area (Å²) in [5.74, 6) is 0.284. The number of fused-ring (bicyclic) bond motifs is 6. The molecule has 0 amide bonds. The smallest absolute Gasteiger partial charge is 0.0352 e. The van der Waals surface area contributed by atoms with Crippen molar-refractivity contribution in [2.75, 3.05) is 0 Å². The lowest BCUT2D eigenvalue weighted by Crippen LogP contribution is -2.19. The predicted octanol–water partition coefficient (Wildman–Crippen LogP) is 31.9. The Balaban J connectivity index is 0.000000104. The highest BCUT2D eigenvalue weighted by Gasteiger charge is 2.34. The number of rotatable bonds is 8. The van der Waals surface area contributed by atoms with E-state index in [4.69, 9.17) is 0 Å². The molecule has 0 heterocycles.